The van der Waals surface area contributed by atoms with Crippen LogP contribution in [0, 0.1) is 0 Å². The summed E-state index contributed by atoms with van der Waals surface area (Å²) in [6.45, 7) is 5.62. The number of thioether (sulfide) groups is 1. The second-order valence-corrected chi connectivity index (χ2v) is 6.47. The summed E-state index contributed by atoms with van der Waals surface area (Å²) < 4.78 is 6.41. The Morgan fingerprint density at radius 3 is 2.72 bits per heavy atom. The molecule has 1 aliphatic rings. The highest BCUT2D eigenvalue weighted by Gasteiger charge is 2.19. The quantitative estimate of drug-likeness (QED) is 0.625. The number of ether oxygens (including phenoxy) is 1. The van der Waals surface area contributed by atoms with Crippen molar-refractivity contribution in [3.8, 4) is 0 Å². The van der Waals surface area contributed by atoms with Gasteiger partial charge in [-0.25, -0.2) is 0 Å². The van der Waals surface area contributed by atoms with Crippen LogP contribution in [0.3, 0.4) is 0 Å². The summed E-state index contributed by atoms with van der Waals surface area (Å²) in [6, 6.07) is 4.26. The van der Waals surface area contributed by atoms with Crippen molar-refractivity contribution in [3.63, 3.8) is 0 Å². The summed E-state index contributed by atoms with van der Waals surface area (Å²) in [5, 5.41) is 2.12. The molecule has 18 heavy (non-hydrogen) atoms. The summed E-state index contributed by atoms with van der Waals surface area (Å²) in [5.74, 6) is 0. The van der Waals surface area contributed by atoms with Gasteiger partial charge in [0.1, 0.15) is 0 Å². The molecule has 0 bridgehead atoms. The molecule has 0 aliphatic carbocycles. The SMILES string of the molecule is CSC(=S)/C(C)=C(\c1cccs1)N1CCOCC1. The van der Waals surface area contributed by atoms with Gasteiger partial charge in [-0.2, -0.15) is 0 Å². The summed E-state index contributed by atoms with van der Waals surface area (Å²) >= 11 is 8.86. The monoisotopic (exact) mass is 299 g/mol. The molecule has 0 N–H and O–H groups in total. The molecule has 1 aromatic rings. The molecule has 0 saturated carbocycles. The largest absolute Gasteiger partial charge is 0.378 e. The number of rotatable bonds is 3. The molecule has 0 aromatic carbocycles. The molecular formula is C13H17NOS3. The lowest BCUT2D eigenvalue weighted by atomic mass is 10.2. The Morgan fingerprint density at radius 1 is 1.44 bits per heavy atom. The van der Waals surface area contributed by atoms with Gasteiger partial charge in [-0.3, -0.25) is 0 Å². The molecule has 1 aliphatic heterocycles. The van der Waals surface area contributed by atoms with E-state index in [-0.39, 0.29) is 0 Å². The van der Waals surface area contributed by atoms with E-state index in [0.29, 0.717) is 0 Å². The Hall–Kier alpha value is -0.360. The maximum absolute atomic E-state index is 5.45. The normalized spacial score (nSPS) is 17.6. The number of hydrogen-bond donors (Lipinski definition) is 0. The first kappa shape index (κ1) is 14.1. The van der Waals surface area contributed by atoms with Crippen molar-refractivity contribution in [3.05, 3.63) is 28.0 Å². The molecule has 0 unspecified atom stereocenters. The first-order chi connectivity index (χ1) is 8.74. The van der Waals surface area contributed by atoms with Gasteiger partial charge in [0.15, 0.2) is 0 Å². The number of hydrogen-bond acceptors (Lipinski definition) is 5. The van der Waals surface area contributed by atoms with Crippen LogP contribution >= 0.6 is 35.3 Å². The summed E-state index contributed by atoms with van der Waals surface area (Å²) in [7, 11) is 0. The maximum Gasteiger partial charge on any atom is 0.0753 e. The van der Waals surface area contributed by atoms with Crippen molar-refractivity contribution >= 4 is 45.2 Å². The van der Waals surface area contributed by atoms with E-state index >= 15 is 0 Å². The lowest BCUT2D eigenvalue weighted by molar-refractivity contribution is 0.0639. The van der Waals surface area contributed by atoms with Gasteiger partial charge in [-0.15, -0.1) is 23.1 Å². The molecule has 2 nitrogen and oxygen atoms in total. The number of morpholine rings is 1. The number of nitrogens with zero attached hydrogens (tertiary/aromatic N) is 1. The van der Waals surface area contributed by atoms with Crippen LogP contribution in [0.15, 0.2) is 23.1 Å². The third-order valence-electron chi connectivity index (χ3n) is 2.93. The van der Waals surface area contributed by atoms with E-state index in [4.69, 9.17) is 17.0 Å². The molecule has 2 heterocycles. The van der Waals surface area contributed by atoms with Crippen molar-refractivity contribution < 1.29 is 4.74 Å². The van der Waals surface area contributed by atoms with E-state index in [2.05, 4.69) is 29.3 Å². The standard InChI is InChI=1S/C13H17NOS3/c1-10(13(16)17-2)12(11-4-3-9-18-11)14-5-7-15-8-6-14/h3-4,9H,5-8H2,1-2H3/b12-10+. The minimum absolute atomic E-state index is 0.800. The Balaban J connectivity index is 2.36. The zero-order valence-electron chi connectivity index (χ0n) is 10.6. The van der Waals surface area contributed by atoms with Gasteiger partial charge >= 0.3 is 0 Å². The zero-order valence-corrected chi connectivity index (χ0v) is 13.1. The fourth-order valence-electron chi connectivity index (χ4n) is 2.03. The average Bonchev–Trinajstić information content (AvgIpc) is 2.93. The predicted octanol–water partition coefficient (Wildman–Crippen LogP) is 3.50. The fourth-order valence-corrected chi connectivity index (χ4v) is 3.38. The van der Waals surface area contributed by atoms with E-state index in [1.54, 1.807) is 23.1 Å². The Morgan fingerprint density at radius 2 is 2.17 bits per heavy atom. The van der Waals surface area contributed by atoms with Crippen molar-refractivity contribution in [2.45, 2.75) is 6.92 Å². The second kappa shape index (κ2) is 6.70. The number of thiocarbonyl (C=S) groups is 1. The first-order valence-electron chi connectivity index (χ1n) is 5.90. The van der Waals surface area contributed by atoms with Crippen LogP contribution in [-0.4, -0.2) is 41.7 Å². The van der Waals surface area contributed by atoms with E-state index in [1.807, 2.05) is 6.26 Å². The van der Waals surface area contributed by atoms with Crippen molar-refractivity contribution in [2.24, 2.45) is 0 Å². The molecule has 0 atom stereocenters. The van der Waals surface area contributed by atoms with Crippen molar-refractivity contribution in [1.82, 2.24) is 4.90 Å². The minimum atomic E-state index is 0.800. The van der Waals surface area contributed by atoms with Gasteiger partial charge in [-0.05, 0) is 30.2 Å². The molecule has 2 rings (SSSR count). The Kier molecular flexibility index (Phi) is 5.24. The van der Waals surface area contributed by atoms with Crippen LogP contribution in [-0.2, 0) is 4.74 Å². The maximum atomic E-state index is 5.45. The minimum Gasteiger partial charge on any atom is -0.378 e. The fraction of sp³-hybridized carbons (Fsp3) is 0.462. The lowest BCUT2D eigenvalue weighted by Crippen LogP contribution is -2.35. The molecular weight excluding hydrogens is 282 g/mol. The van der Waals surface area contributed by atoms with Crippen LogP contribution in [0.4, 0.5) is 0 Å². The van der Waals surface area contributed by atoms with Gasteiger partial charge in [0.05, 0.1) is 28.0 Å². The highest BCUT2D eigenvalue weighted by molar-refractivity contribution is 8.23. The summed E-state index contributed by atoms with van der Waals surface area (Å²) in [4.78, 5) is 3.69. The van der Waals surface area contributed by atoms with Gasteiger partial charge in [0, 0.05) is 13.1 Å². The predicted molar refractivity (Wildman–Crippen MR) is 85.4 cm³/mol. The lowest BCUT2D eigenvalue weighted by Gasteiger charge is -2.32. The second-order valence-electron chi connectivity index (χ2n) is 4.04. The highest BCUT2D eigenvalue weighted by atomic mass is 32.2. The van der Waals surface area contributed by atoms with E-state index < -0.39 is 0 Å². The molecule has 98 valence electrons. The highest BCUT2D eigenvalue weighted by Crippen LogP contribution is 2.30. The van der Waals surface area contributed by atoms with Gasteiger partial charge in [0.25, 0.3) is 0 Å². The van der Waals surface area contributed by atoms with Crippen LogP contribution in [0.25, 0.3) is 5.70 Å². The van der Waals surface area contributed by atoms with E-state index in [9.17, 15) is 0 Å². The molecule has 1 saturated heterocycles. The molecule has 1 fully saturated rings. The molecule has 5 heteroatoms. The molecule has 0 spiro atoms. The van der Waals surface area contributed by atoms with Gasteiger partial charge in [0.2, 0.25) is 0 Å². The summed E-state index contributed by atoms with van der Waals surface area (Å²) in [5.41, 5.74) is 2.49. The molecule has 1 aromatic heterocycles. The first-order valence-corrected chi connectivity index (χ1v) is 8.41. The average molecular weight is 299 g/mol. The van der Waals surface area contributed by atoms with Crippen LogP contribution < -0.4 is 0 Å². The summed E-state index contributed by atoms with van der Waals surface area (Å²) in [6.07, 6.45) is 2.04. The van der Waals surface area contributed by atoms with E-state index in [0.717, 1.165) is 30.5 Å². The third kappa shape index (κ3) is 3.15. The van der Waals surface area contributed by atoms with Gasteiger partial charge < -0.3 is 9.64 Å². The third-order valence-corrected chi connectivity index (χ3v) is 5.29. The molecule has 0 radical (unpaired) electrons. The van der Waals surface area contributed by atoms with Crippen LogP contribution in [0.5, 0.6) is 0 Å². The Bertz CT molecular complexity index is 433. The van der Waals surface area contributed by atoms with Crippen molar-refractivity contribution in [1.29, 1.82) is 0 Å². The van der Waals surface area contributed by atoms with Crippen LogP contribution in [0.2, 0.25) is 0 Å². The van der Waals surface area contributed by atoms with E-state index in [1.165, 1.54) is 16.1 Å². The molecule has 0 amide bonds. The Labute approximate surface area is 122 Å². The smallest absolute Gasteiger partial charge is 0.0753 e. The number of thiophene rings is 1. The zero-order chi connectivity index (χ0) is 13.0. The van der Waals surface area contributed by atoms with Crippen molar-refractivity contribution in [2.75, 3.05) is 32.6 Å². The topological polar surface area (TPSA) is 12.5 Å². The van der Waals surface area contributed by atoms with Crippen LogP contribution in [0.1, 0.15) is 11.8 Å². The van der Waals surface area contributed by atoms with Gasteiger partial charge in [-0.1, -0.05) is 18.3 Å².